The van der Waals surface area contributed by atoms with Crippen molar-refractivity contribution < 1.29 is 4.79 Å². The highest BCUT2D eigenvalue weighted by atomic mass is 16.2. The molecule has 2 aliphatic rings. The van der Waals surface area contributed by atoms with E-state index in [-0.39, 0.29) is 17.5 Å². The van der Waals surface area contributed by atoms with Crippen molar-refractivity contribution in [3.8, 4) is 0 Å². The summed E-state index contributed by atoms with van der Waals surface area (Å²) in [5, 5.41) is 0. The van der Waals surface area contributed by atoms with Gasteiger partial charge in [-0.15, -0.1) is 0 Å². The van der Waals surface area contributed by atoms with E-state index < -0.39 is 0 Å². The zero-order chi connectivity index (χ0) is 15.3. The van der Waals surface area contributed by atoms with Crippen LogP contribution in [0.5, 0.6) is 0 Å². The van der Waals surface area contributed by atoms with E-state index in [0.29, 0.717) is 0 Å². The molecule has 3 nitrogen and oxygen atoms in total. The van der Waals surface area contributed by atoms with Crippen molar-refractivity contribution in [3.05, 3.63) is 60.2 Å². The predicted molar refractivity (Wildman–Crippen MR) is 89.0 cm³/mol. The molecule has 0 unspecified atom stereocenters. The third-order valence-corrected chi connectivity index (χ3v) is 5.21. The number of carbonyl (C=O) groups excluding carboxylic acids is 1. The number of anilines is 2. The number of nitrogens with zero attached hydrogens (tertiary/aromatic N) is 2. The molecule has 2 aromatic rings. The van der Waals surface area contributed by atoms with Crippen LogP contribution in [0, 0.1) is 5.41 Å². The molecule has 2 heterocycles. The number of β-lactam (4-membered cyclic amide) rings is 1. The molecule has 4 rings (SSSR count). The van der Waals surface area contributed by atoms with Gasteiger partial charge < -0.3 is 4.90 Å². The van der Waals surface area contributed by atoms with Gasteiger partial charge in [0.05, 0.1) is 5.41 Å². The molecule has 2 aliphatic heterocycles. The summed E-state index contributed by atoms with van der Waals surface area (Å²) in [7, 11) is 2.11. The molecule has 0 aliphatic carbocycles. The molecular weight excluding hydrogens is 272 g/mol. The molecule has 2 aromatic carbocycles. The molecule has 3 heteroatoms. The van der Waals surface area contributed by atoms with E-state index in [0.717, 1.165) is 18.5 Å². The Kier molecular flexibility index (Phi) is 2.80. The van der Waals surface area contributed by atoms with E-state index in [2.05, 4.69) is 43.1 Å². The maximum absolute atomic E-state index is 12.9. The first-order valence-electron chi connectivity index (χ1n) is 7.82. The molecule has 112 valence electrons. The van der Waals surface area contributed by atoms with Gasteiger partial charge in [0.1, 0.15) is 6.17 Å². The molecule has 1 fully saturated rings. The molecule has 22 heavy (non-hydrogen) atoms. The Morgan fingerprint density at radius 2 is 1.73 bits per heavy atom. The molecule has 1 saturated heterocycles. The van der Waals surface area contributed by atoms with Gasteiger partial charge in [0.2, 0.25) is 5.91 Å². The smallest absolute Gasteiger partial charge is 0.238 e. The fourth-order valence-corrected chi connectivity index (χ4v) is 3.99. The topological polar surface area (TPSA) is 23.6 Å². The molecular formula is C19H20N2O. The van der Waals surface area contributed by atoms with E-state index in [1.54, 1.807) is 0 Å². The summed E-state index contributed by atoms with van der Waals surface area (Å²) in [4.78, 5) is 17.1. The fourth-order valence-electron chi connectivity index (χ4n) is 3.99. The number of fused-ring (bicyclic) bond motifs is 2. The van der Waals surface area contributed by atoms with Crippen LogP contribution < -0.4 is 9.80 Å². The van der Waals surface area contributed by atoms with Crippen molar-refractivity contribution in [1.29, 1.82) is 0 Å². The molecule has 0 saturated carbocycles. The second kappa shape index (κ2) is 4.60. The van der Waals surface area contributed by atoms with Gasteiger partial charge in [-0.05, 0) is 43.5 Å². The van der Waals surface area contributed by atoms with Gasteiger partial charge in [-0.25, -0.2) is 0 Å². The first-order chi connectivity index (χ1) is 10.6. The highest BCUT2D eigenvalue weighted by Crippen LogP contribution is 2.50. The number of hydrogen-bond donors (Lipinski definition) is 0. The van der Waals surface area contributed by atoms with Crippen LogP contribution in [-0.4, -0.2) is 19.1 Å². The summed E-state index contributed by atoms with van der Waals surface area (Å²) < 4.78 is 0. The number of hydrogen-bond acceptors (Lipinski definition) is 2. The van der Waals surface area contributed by atoms with E-state index >= 15 is 0 Å². The number of rotatable bonds is 1. The second-order valence-corrected chi connectivity index (χ2v) is 6.54. The number of aryl methyl sites for hydroxylation is 1. The highest BCUT2D eigenvalue weighted by Gasteiger charge is 2.60. The number of para-hydroxylation sites is 2. The second-order valence-electron chi connectivity index (χ2n) is 6.54. The van der Waals surface area contributed by atoms with E-state index in [1.807, 2.05) is 35.2 Å². The van der Waals surface area contributed by atoms with Crippen LogP contribution >= 0.6 is 0 Å². The number of amides is 1. The van der Waals surface area contributed by atoms with Gasteiger partial charge >= 0.3 is 0 Å². The summed E-state index contributed by atoms with van der Waals surface area (Å²) in [5.74, 6) is 0.239. The van der Waals surface area contributed by atoms with Crippen LogP contribution in [0.2, 0.25) is 0 Å². The van der Waals surface area contributed by atoms with Crippen LogP contribution in [0.15, 0.2) is 54.6 Å². The van der Waals surface area contributed by atoms with E-state index in [1.165, 1.54) is 11.3 Å². The van der Waals surface area contributed by atoms with Crippen LogP contribution in [0.4, 0.5) is 11.4 Å². The van der Waals surface area contributed by atoms with Crippen molar-refractivity contribution in [2.75, 3.05) is 16.8 Å². The van der Waals surface area contributed by atoms with Gasteiger partial charge in [-0.3, -0.25) is 9.69 Å². The van der Waals surface area contributed by atoms with Crippen molar-refractivity contribution in [1.82, 2.24) is 0 Å². The maximum Gasteiger partial charge on any atom is 0.238 e. The minimum absolute atomic E-state index is 0.0889. The lowest BCUT2D eigenvalue weighted by atomic mass is 9.72. The van der Waals surface area contributed by atoms with Crippen molar-refractivity contribution >= 4 is 17.3 Å². The number of benzene rings is 2. The zero-order valence-corrected chi connectivity index (χ0v) is 13.0. The van der Waals surface area contributed by atoms with Crippen LogP contribution in [0.25, 0.3) is 0 Å². The minimum atomic E-state index is -0.302. The Morgan fingerprint density at radius 3 is 2.50 bits per heavy atom. The lowest BCUT2D eigenvalue weighted by Crippen LogP contribution is -2.73. The first-order valence-corrected chi connectivity index (χ1v) is 7.82. The van der Waals surface area contributed by atoms with Gasteiger partial charge in [0, 0.05) is 18.4 Å². The minimum Gasteiger partial charge on any atom is -0.353 e. The first kappa shape index (κ1) is 13.4. The molecule has 2 atom stereocenters. The van der Waals surface area contributed by atoms with E-state index in [4.69, 9.17) is 0 Å². The van der Waals surface area contributed by atoms with Gasteiger partial charge in [-0.1, -0.05) is 36.4 Å². The van der Waals surface area contributed by atoms with Gasteiger partial charge in [0.15, 0.2) is 0 Å². The van der Waals surface area contributed by atoms with E-state index in [9.17, 15) is 4.79 Å². The average Bonchev–Trinajstić information content (AvgIpc) is 2.65. The van der Waals surface area contributed by atoms with Crippen molar-refractivity contribution in [3.63, 3.8) is 0 Å². The summed E-state index contributed by atoms with van der Waals surface area (Å²) in [5.41, 5.74) is 3.26. The van der Waals surface area contributed by atoms with Gasteiger partial charge in [-0.2, -0.15) is 0 Å². The molecule has 0 N–H and O–H groups in total. The molecule has 0 spiro atoms. The zero-order valence-electron chi connectivity index (χ0n) is 13.0. The van der Waals surface area contributed by atoms with Gasteiger partial charge in [0.25, 0.3) is 0 Å². The SMILES string of the molecule is CN1c2ccccc2CC[C@]2(C)C(=O)N(c3ccccc3)[C@H]12. The summed E-state index contributed by atoms with van der Waals surface area (Å²) in [6.07, 6.45) is 1.95. The molecule has 0 bridgehead atoms. The normalized spacial score (nSPS) is 26.8. The quantitative estimate of drug-likeness (QED) is 0.752. The summed E-state index contributed by atoms with van der Waals surface area (Å²) in [6, 6.07) is 18.5. The average molecular weight is 292 g/mol. The number of carbonyl (C=O) groups is 1. The van der Waals surface area contributed by atoms with Crippen LogP contribution in [0.3, 0.4) is 0 Å². The standard InChI is InChI=1S/C19H20N2O/c1-19-13-12-14-8-6-7-11-16(14)20(2)17(19)21(18(19)22)15-9-4-3-5-10-15/h3-11,17H,12-13H2,1-2H3/t17-,19-/m0/s1. The lowest BCUT2D eigenvalue weighted by molar-refractivity contribution is -0.138. The third kappa shape index (κ3) is 1.65. The summed E-state index contributed by atoms with van der Waals surface area (Å²) >= 11 is 0. The summed E-state index contributed by atoms with van der Waals surface area (Å²) in [6.45, 7) is 2.11. The lowest BCUT2D eigenvalue weighted by Gasteiger charge is -2.57. The molecule has 1 amide bonds. The Balaban J connectivity index is 1.80. The molecule has 0 radical (unpaired) electrons. The Morgan fingerprint density at radius 1 is 1.05 bits per heavy atom. The highest BCUT2D eigenvalue weighted by molar-refractivity contribution is 6.06. The molecule has 0 aromatic heterocycles. The Labute approximate surface area is 131 Å². The fraction of sp³-hybridized carbons (Fsp3) is 0.316. The Hall–Kier alpha value is -2.29. The van der Waals surface area contributed by atoms with Crippen molar-refractivity contribution in [2.24, 2.45) is 5.41 Å². The monoisotopic (exact) mass is 292 g/mol. The predicted octanol–water partition coefficient (Wildman–Crippen LogP) is 3.45. The van der Waals surface area contributed by atoms with Crippen LogP contribution in [-0.2, 0) is 11.2 Å². The maximum atomic E-state index is 12.9. The Bertz CT molecular complexity index is 727. The third-order valence-electron chi connectivity index (χ3n) is 5.21. The van der Waals surface area contributed by atoms with Crippen LogP contribution in [0.1, 0.15) is 18.9 Å². The largest absolute Gasteiger partial charge is 0.353 e. The van der Waals surface area contributed by atoms with Crippen molar-refractivity contribution in [2.45, 2.75) is 25.9 Å².